The number of ether oxygens (including phenoxy) is 2. The Kier molecular flexibility index (Phi) is 5.95. The van der Waals surface area contributed by atoms with Gasteiger partial charge in [-0.2, -0.15) is 0 Å². The van der Waals surface area contributed by atoms with E-state index in [4.69, 9.17) is 9.47 Å². The molecule has 1 atom stereocenters. The zero-order valence-electron chi connectivity index (χ0n) is 15.9. The van der Waals surface area contributed by atoms with Gasteiger partial charge in [0.25, 0.3) is 0 Å². The van der Waals surface area contributed by atoms with Gasteiger partial charge in [-0.3, -0.25) is 9.69 Å². The molecule has 5 heteroatoms. The molecule has 1 aliphatic heterocycles. The largest absolute Gasteiger partial charge is 0.444 e. The second-order valence-electron chi connectivity index (χ2n) is 8.63. The second-order valence-corrected chi connectivity index (χ2v) is 8.63. The third-order valence-electron chi connectivity index (χ3n) is 4.97. The maximum absolute atomic E-state index is 12.7. The molecular weight excluding hydrogens is 306 g/mol. The van der Waals surface area contributed by atoms with E-state index in [-0.39, 0.29) is 12.4 Å². The first-order valence-electron chi connectivity index (χ1n) is 9.29. The molecule has 0 aromatic carbocycles. The minimum Gasteiger partial charge on any atom is -0.444 e. The molecule has 0 radical (unpaired) electrons. The number of rotatable bonds is 4. The third kappa shape index (κ3) is 4.95. The summed E-state index contributed by atoms with van der Waals surface area (Å²) in [5, 5.41) is 0. The van der Waals surface area contributed by atoms with Crippen LogP contribution >= 0.6 is 0 Å². The van der Waals surface area contributed by atoms with Crippen LogP contribution in [0.25, 0.3) is 0 Å². The number of hydrogen-bond acceptors (Lipinski definition) is 4. The van der Waals surface area contributed by atoms with E-state index < -0.39 is 23.5 Å². The number of hydrogen-bond donors (Lipinski definition) is 0. The highest BCUT2D eigenvalue weighted by molar-refractivity contribution is 5.88. The predicted molar refractivity (Wildman–Crippen MR) is 92.7 cm³/mol. The van der Waals surface area contributed by atoms with Crippen molar-refractivity contribution in [3.8, 4) is 0 Å². The topological polar surface area (TPSA) is 55.8 Å². The monoisotopic (exact) mass is 339 g/mol. The molecule has 1 amide bonds. The van der Waals surface area contributed by atoms with Gasteiger partial charge < -0.3 is 9.47 Å². The molecule has 5 nitrogen and oxygen atoms in total. The highest BCUT2D eigenvalue weighted by Gasteiger charge is 2.48. The van der Waals surface area contributed by atoms with Gasteiger partial charge in [-0.15, -0.1) is 0 Å². The SMILES string of the molecule is CC(C)(C)OC(=O)N1[C@H](C(=O)CCC2CCCCC2)COC1(C)C. The molecule has 138 valence electrons. The lowest BCUT2D eigenvalue weighted by Crippen LogP contribution is -2.52. The Morgan fingerprint density at radius 1 is 1.17 bits per heavy atom. The molecule has 0 aromatic heterocycles. The Labute approximate surface area is 146 Å². The molecule has 2 fully saturated rings. The van der Waals surface area contributed by atoms with Crippen LogP contribution < -0.4 is 0 Å². The highest BCUT2D eigenvalue weighted by atomic mass is 16.6. The molecule has 1 aliphatic carbocycles. The summed E-state index contributed by atoms with van der Waals surface area (Å²) in [6.07, 6.45) is 7.32. The first-order chi connectivity index (χ1) is 11.1. The Bertz CT molecular complexity index is 460. The molecule has 2 rings (SSSR count). The normalized spacial score (nSPS) is 24.9. The van der Waals surface area contributed by atoms with Crippen molar-refractivity contribution >= 4 is 11.9 Å². The zero-order valence-corrected chi connectivity index (χ0v) is 15.9. The lowest BCUT2D eigenvalue weighted by atomic mass is 9.85. The molecule has 0 spiro atoms. The minimum atomic E-state index is -0.812. The van der Waals surface area contributed by atoms with Crippen LogP contribution in [-0.4, -0.2) is 40.8 Å². The Balaban J connectivity index is 1.98. The van der Waals surface area contributed by atoms with E-state index in [0.717, 1.165) is 6.42 Å². The highest BCUT2D eigenvalue weighted by Crippen LogP contribution is 2.32. The summed E-state index contributed by atoms with van der Waals surface area (Å²) >= 11 is 0. The Morgan fingerprint density at radius 3 is 2.38 bits per heavy atom. The number of Topliss-reactive ketones (excluding diaryl/α,β-unsaturated/α-hetero) is 1. The van der Waals surface area contributed by atoms with Gasteiger partial charge in [-0.25, -0.2) is 4.79 Å². The van der Waals surface area contributed by atoms with Crippen LogP contribution in [0.15, 0.2) is 0 Å². The van der Waals surface area contributed by atoms with Crippen molar-refractivity contribution < 1.29 is 19.1 Å². The standard InChI is InChI=1S/C19H33NO4/c1-18(2,3)24-17(22)20-15(13-23-19(20,4)5)16(21)12-11-14-9-7-6-8-10-14/h14-15H,6-13H2,1-5H3/t15-/m0/s1. The van der Waals surface area contributed by atoms with E-state index in [0.29, 0.717) is 12.3 Å². The number of carbonyl (C=O) groups excluding carboxylic acids is 2. The summed E-state index contributed by atoms with van der Waals surface area (Å²) in [6.45, 7) is 9.37. The number of carbonyl (C=O) groups is 2. The van der Waals surface area contributed by atoms with Crippen molar-refractivity contribution in [2.24, 2.45) is 5.92 Å². The first kappa shape index (κ1) is 19.2. The summed E-state index contributed by atoms with van der Waals surface area (Å²) in [6, 6.07) is -0.529. The lowest BCUT2D eigenvalue weighted by molar-refractivity contribution is -0.125. The predicted octanol–water partition coefficient (Wildman–Crippen LogP) is 4.29. The molecular formula is C19H33NO4. The van der Waals surface area contributed by atoms with Crippen LogP contribution in [-0.2, 0) is 14.3 Å². The molecule has 24 heavy (non-hydrogen) atoms. The number of ketones is 1. The van der Waals surface area contributed by atoms with E-state index in [1.807, 2.05) is 34.6 Å². The molecule has 0 bridgehead atoms. The molecule has 0 N–H and O–H groups in total. The maximum Gasteiger partial charge on any atom is 0.413 e. The summed E-state index contributed by atoms with van der Waals surface area (Å²) in [7, 11) is 0. The molecule has 1 saturated heterocycles. The van der Waals surface area contributed by atoms with Crippen molar-refractivity contribution in [1.82, 2.24) is 4.90 Å². The van der Waals surface area contributed by atoms with Crippen LogP contribution in [0.3, 0.4) is 0 Å². The van der Waals surface area contributed by atoms with Crippen molar-refractivity contribution in [1.29, 1.82) is 0 Å². The smallest absolute Gasteiger partial charge is 0.413 e. The first-order valence-corrected chi connectivity index (χ1v) is 9.29. The fraction of sp³-hybridized carbons (Fsp3) is 0.895. The lowest BCUT2D eigenvalue weighted by Gasteiger charge is -2.34. The van der Waals surface area contributed by atoms with Gasteiger partial charge in [-0.05, 0) is 47.0 Å². The van der Waals surface area contributed by atoms with Crippen LogP contribution in [0.4, 0.5) is 4.79 Å². The van der Waals surface area contributed by atoms with E-state index in [2.05, 4.69) is 0 Å². The van der Waals surface area contributed by atoms with Gasteiger partial charge in [-0.1, -0.05) is 32.1 Å². The fourth-order valence-electron chi connectivity index (χ4n) is 3.69. The molecule has 0 aromatic rings. The van der Waals surface area contributed by atoms with Gasteiger partial charge in [0.05, 0.1) is 6.61 Å². The van der Waals surface area contributed by atoms with Gasteiger partial charge in [0, 0.05) is 6.42 Å². The van der Waals surface area contributed by atoms with Crippen LogP contribution in [0.5, 0.6) is 0 Å². The van der Waals surface area contributed by atoms with Crippen molar-refractivity contribution in [2.45, 2.75) is 96.9 Å². The summed E-state index contributed by atoms with van der Waals surface area (Å²) in [5.74, 6) is 0.755. The fourth-order valence-corrected chi connectivity index (χ4v) is 3.69. The molecule has 0 unspecified atom stereocenters. The van der Waals surface area contributed by atoms with Crippen molar-refractivity contribution in [3.05, 3.63) is 0 Å². The van der Waals surface area contributed by atoms with E-state index in [9.17, 15) is 9.59 Å². The summed E-state index contributed by atoms with van der Waals surface area (Å²) in [4.78, 5) is 26.8. The van der Waals surface area contributed by atoms with E-state index in [1.165, 1.54) is 37.0 Å². The summed E-state index contributed by atoms with van der Waals surface area (Å²) < 4.78 is 11.2. The zero-order chi connectivity index (χ0) is 18.0. The number of nitrogens with zero attached hydrogens (tertiary/aromatic N) is 1. The van der Waals surface area contributed by atoms with Crippen LogP contribution in [0.1, 0.15) is 79.6 Å². The van der Waals surface area contributed by atoms with Crippen LogP contribution in [0, 0.1) is 5.92 Å². The third-order valence-corrected chi connectivity index (χ3v) is 4.97. The quantitative estimate of drug-likeness (QED) is 0.767. The van der Waals surface area contributed by atoms with Gasteiger partial charge in [0.15, 0.2) is 5.78 Å². The average molecular weight is 339 g/mol. The maximum atomic E-state index is 12.7. The van der Waals surface area contributed by atoms with Gasteiger partial charge >= 0.3 is 6.09 Å². The van der Waals surface area contributed by atoms with Crippen molar-refractivity contribution in [3.63, 3.8) is 0 Å². The Hall–Kier alpha value is -1.10. The number of amides is 1. The minimum absolute atomic E-state index is 0.0945. The summed E-state index contributed by atoms with van der Waals surface area (Å²) in [5.41, 5.74) is -1.40. The van der Waals surface area contributed by atoms with Crippen molar-refractivity contribution in [2.75, 3.05) is 6.61 Å². The molecule has 2 aliphatic rings. The van der Waals surface area contributed by atoms with E-state index >= 15 is 0 Å². The molecule has 1 saturated carbocycles. The van der Waals surface area contributed by atoms with Gasteiger partial charge in [0.2, 0.25) is 0 Å². The molecule has 1 heterocycles. The second kappa shape index (κ2) is 7.42. The van der Waals surface area contributed by atoms with E-state index in [1.54, 1.807) is 0 Å². The average Bonchev–Trinajstić information content (AvgIpc) is 2.79. The van der Waals surface area contributed by atoms with Gasteiger partial charge in [0.1, 0.15) is 17.4 Å². The van der Waals surface area contributed by atoms with Crippen LogP contribution in [0.2, 0.25) is 0 Å². The Morgan fingerprint density at radius 2 is 1.79 bits per heavy atom.